The molecule has 0 saturated carbocycles. The molecule has 0 bridgehead atoms. The number of ether oxygens (including phenoxy) is 1. The van der Waals surface area contributed by atoms with E-state index in [1.54, 1.807) is 0 Å². The Morgan fingerprint density at radius 3 is 2.26 bits per heavy atom. The fraction of sp³-hybridized carbons (Fsp3) is 0.889. The number of rotatable bonds is 11. The summed E-state index contributed by atoms with van der Waals surface area (Å²) in [7, 11) is 1.87. The van der Waals surface area contributed by atoms with Gasteiger partial charge in [-0.15, -0.1) is 0 Å². The molecule has 23 heavy (non-hydrogen) atoms. The molecule has 1 atom stereocenters. The quantitative estimate of drug-likeness (QED) is 0.467. The van der Waals surface area contributed by atoms with Gasteiger partial charge in [-0.3, -0.25) is 9.59 Å². The highest BCUT2D eigenvalue weighted by molar-refractivity contribution is 5.76. The number of nitrogens with two attached hydrogens (primary N) is 1. The zero-order valence-corrected chi connectivity index (χ0v) is 15.7. The Labute approximate surface area is 141 Å². The summed E-state index contributed by atoms with van der Waals surface area (Å²) in [5.41, 5.74) is 5.35. The molecule has 0 heterocycles. The lowest BCUT2D eigenvalue weighted by Crippen LogP contribution is -2.37. The van der Waals surface area contributed by atoms with Gasteiger partial charge in [-0.1, -0.05) is 32.6 Å². The van der Waals surface area contributed by atoms with Gasteiger partial charge in [0.1, 0.15) is 11.6 Å². The van der Waals surface area contributed by atoms with Crippen molar-refractivity contribution in [3.8, 4) is 0 Å². The van der Waals surface area contributed by atoms with E-state index in [-0.39, 0.29) is 11.9 Å². The van der Waals surface area contributed by atoms with Crippen LogP contribution in [0.5, 0.6) is 0 Å². The van der Waals surface area contributed by atoms with E-state index in [4.69, 9.17) is 10.5 Å². The van der Waals surface area contributed by atoms with Crippen LogP contribution < -0.4 is 5.73 Å². The van der Waals surface area contributed by atoms with Crippen LogP contribution in [0.25, 0.3) is 0 Å². The van der Waals surface area contributed by atoms with Crippen molar-refractivity contribution in [1.82, 2.24) is 4.90 Å². The first-order valence-electron chi connectivity index (χ1n) is 8.89. The molecule has 0 fully saturated rings. The number of esters is 1. The maximum atomic E-state index is 11.9. The fourth-order valence-corrected chi connectivity index (χ4v) is 2.20. The predicted octanol–water partition coefficient (Wildman–Crippen LogP) is 3.25. The van der Waals surface area contributed by atoms with Crippen molar-refractivity contribution in [3.63, 3.8) is 0 Å². The molecule has 0 rings (SSSR count). The third kappa shape index (κ3) is 12.0. The third-order valence-corrected chi connectivity index (χ3v) is 3.64. The van der Waals surface area contributed by atoms with Crippen molar-refractivity contribution >= 4 is 11.9 Å². The Hall–Kier alpha value is -1.10. The molecule has 0 aromatic rings. The molecule has 0 saturated heterocycles. The minimum Gasteiger partial charge on any atom is -0.459 e. The standard InChI is InChI=1S/C18H36N2O3/c1-6-7-14-20(5)16(21)13-11-9-8-10-12-15(19)17(22)23-18(2,3)4/h15H,6-14,19H2,1-5H3. The van der Waals surface area contributed by atoms with Gasteiger partial charge >= 0.3 is 5.97 Å². The highest BCUT2D eigenvalue weighted by Crippen LogP contribution is 2.12. The van der Waals surface area contributed by atoms with Crippen LogP contribution in [-0.2, 0) is 14.3 Å². The van der Waals surface area contributed by atoms with Crippen LogP contribution in [0.1, 0.15) is 79.1 Å². The van der Waals surface area contributed by atoms with Crippen molar-refractivity contribution in [2.75, 3.05) is 13.6 Å². The van der Waals surface area contributed by atoms with Gasteiger partial charge in [0.15, 0.2) is 0 Å². The van der Waals surface area contributed by atoms with Gasteiger partial charge in [0.25, 0.3) is 0 Å². The lowest BCUT2D eigenvalue weighted by atomic mass is 10.1. The normalized spacial score (nSPS) is 12.8. The SMILES string of the molecule is CCCCN(C)C(=O)CCCCCCC(N)C(=O)OC(C)(C)C. The van der Waals surface area contributed by atoms with E-state index in [1.165, 1.54) is 0 Å². The molecule has 1 unspecified atom stereocenters. The molecule has 136 valence electrons. The summed E-state index contributed by atoms with van der Waals surface area (Å²) in [6.07, 6.45) is 7.19. The van der Waals surface area contributed by atoms with Gasteiger partial charge in [0.05, 0.1) is 0 Å². The summed E-state index contributed by atoms with van der Waals surface area (Å²) in [5.74, 6) is -0.103. The van der Waals surface area contributed by atoms with E-state index in [2.05, 4.69) is 6.92 Å². The van der Waals surface area contributed by atoms with E-state index in [1.807, 2.05) is 32.7 Å². The molecule has 0 aliphatic carbocycles. The van der Waals surface area contributed by atoms with Crippen LogP contribution in [0.3, 0.4) is 0 Å². The van der Waals surface area contributed by atoms with Gasteiger partial charge in [0, 0.05) is 20.0 Å². The Bertz CT molecular complexity index is 351. The topological polar surface area (TPSA) is 72.6 Å². The highest BCUT2D eigenvalue weighted by atomic mass is 16.6. The zero-order valence-electron chi connectivity index (χ0n) is 15.7. The Kier molecular flexibility index (Phi) is 10.9. The van der Waals surface area contributed by atoms with Crippen molar-refractivity contribution < 1.29 is 14.3 Å². The minimum absolute atomic E-state index is 0.226. The minimum atomic E-state index is -0.545. The third-order valence-electron chi connectivity index (χ3n) is 3.64. The molecule has 5 nitrogen and oxygen atoms in total. The first-order valence-corrected chi connectivity index (χ1v) is 8.89. The van der Waals surface area contributed by atoms with E-state index in [0.29, 0.717) is 12.8 Å². The second-order valence-electron chi connectivity index (χ2n) is 7.26. The van der Waals surface area contributed by atoms with Crippen LogP contribution in [0, 0.1) is 0 Å². The molecule has 0 aliphatic rings. The van der Waals surface area contributed by atoms with E-state index in [9.17, 15) is 9.59 Å². The lowest BCUT2D eigenvalue weighted by Gasteiger charge is -2.22. The largest absolute Gasteiger partial charge is 0.459 e. The molecule has 2 N–H and O–H groups in total. The Morgan fingerprint density at radius 1 is 1.09 bits per heavy atom. The summed E-state index contributed by atoms with van der Waals surface area (Å²) in [6.45, 7) is 8.49. The van der Waals surface area contributed by atoms with Crippen molar-refractivity contribution in [1.29, 1.82) is 0 Å². The number of amides is 1. The lowest BCUT2D eigenvalue weighted by molar-refractivity contribution is -0.156. The Morgan fingerprint density at radius 2 is 1.70 bits per heavy atom. The van der Waals surface area contributed by atoms with E-state index < -0.39 is 11.6 Å². The molecule has 5 heteroatoms. The Balaban J connectivity index is 3.69. The molecule has 1 amide bonds. The van der Waals surface area contributed by atoms with Gasteiger partial charge in [0.2, 0.25) is 5.91 Å². The number of hydrogen-bond acceptors (Lipinski definition) is 4. The van der Waals surface area contributed by atoms with Gasteiger partial charge in [-0.25, -0.2) is 0 Å². The number of nitrogens with zero attached hydrogens (tertiary/aromatic N) is 1. The highest BCUT2D eigenvalue weighted by Gasteiger charge is 2.21. The second-order valence-corrected chi connectivity index (χ2v) is 7.26. The van der Waals surface area contributed by atoms with Crippen LogP contribution in [0.2, 0.25) is 0 Å². The molecule has 0 aromatic carbocycles. The van der Waals surface area contributed by atoms with Gasteiger partial charge in [-0.05, 0) is 40.0 Å². The summed E-state index contributed by atoms with van der Waals surface area (Å²) >= 11 is 0. The first kappa shape index (κ1) is 21.9. The molecule has 0 radical (unpaired) electrons. The fourth-order valence-electron chi connectivity index (χ4n) is 2.20. The average Bonchev–Trinajstić information content (AvgIpc) is 2.45. The molecular weight excluding hydrogens is 292 g/mol. The monoisotopic (exact) mass is 328 g/mol. The maximum Gasteiger partial charge on any atom is 0.323 e. The predicted molar refractivity (Wildman–Crippen MR) is 94.1 cm³/mol. The van der Waals surface area contributed by atoms with Crippen LogP contribution >= 0.6 is 0 Å². The number of carbonyl (C=O) groups excluding carboxylic acids is 2. The number of unbranched alkanes of at least 4 members (excludes halogenated alkanes) is 4. The van der Waals surface area contributed by atoms with Crippen molar-refractivity contribution in [2.24, 2.45) is 5.73 Å². The van der Waals surface area contributed by atoms with Gasteiger partial charge < -0.3 is 15.4 Å². The molecular formula is C18H36N2O3. The number of hydrogen-bond donors (Lipinski definition) is 1. The molecule has 0 spiro atoms. The first-order chi connectivity index (χ1) is 10.7. The van der Waals surface area contributed by atoms with Crippen molar-refractivity contribution in [3.05, 3.63) is 0 Å². The smallest absolute Gasteiger partial charge is 0.323 e. The average molecular weight is 328 g/mol. The molecule has 0 aliphatic heterocycles. The van der Waals surface area contributed by atoms with Crippen LogP contribution in [0.15, 0.2) is 0 Å². The van der Waals surface area contributed by atoms with E-state index in [0.717, 1.165) is 45.1 Å². The zero-order chi connectivity index (χ0) is 17.9. The summed E-state index contributed by atoms with van der Waals surface area (Å²) in [5, 5.41) is 0. The maximum absolute atomic E-state index is 11.9. The number of carbonyl (C=O) groups is 2. The summed E-state index contributed by atoms with van der Waals surface area (Å²) < 4.78 is 5.25. The van der Waals surface area contributed by atoms with Crippen molar-refractivity contribution in [2.45, 2.75) is 90.7 Å². The second kappa shape index (κ2) is 11.4. The van der Waals surface area contributed by atoms with Crippen LogP contribution in [-0.4, -0.2) is 42.0 Å². The van der Waals surface area contributed by atoms with Crippen LogP contribution in [0.4, 0.5) is 0 Å². The molecule has 0 aromatic heterocycles. The van der Waals surface area contributed by atoms with Gasteiger partial charge in [-0.2, -0.15) is 0 Å². The summed E-state index contributed by atoms with van der Waals surface area (Å²) in [4.78, 5) is 25.4. The summed E-state index contributed by atoms with van der Waals surface area (Å²) in [6, 6.07) is -0.545. The van der Waals surface area contributed by atoms with E-state index >= 15 is 0 Å².